The van der Waals surface area contributed by atoms with Gasteiger partial charge in [-0.25, -0.2) is 9.59 Å². The highest BCUT2D eigenvalue weighted by atomic mass is 28.4. The van der Waals surface area contributed by atoms with E-state index in [1.807, 2.05) is 0 Å². The Hall–Kier alpha value is -2.01. The molecule has 0 amide bonds. The summed E-state index contributed by atoms with van der Waals surface area (Å²) in [6, 6.07) is 1.15. The van der Waals surface area contributed by atoms with Crippen LogP contribution in [0.25, 0.3) is 0 Å². The summed E-state index contributed by atoms with van der Waals surface area (Å²) in [5.41, 5.74) is -1.02. The summed E-state index contributed by atoms with van der Waals surface area (Å²) >= 11 is 0. The molecule has 3 atom stereocenters. The molecule has 0 radical (unpaired) electrons. The Kier molecular flexibility index (Phi) is 6.49. The fourth-order valence-corrected chi connectivity index (χ4v) is 3.53. The third-order valence-corrected chi connectivity index (χ3v) is 9.80. The summed E-state index contributed by atoms with van der Waals surface area (Å²) in [4.78, 5) is 37.3. The number of methoxy groups -OCH3 is 1. The Balaban J connectivity index is 2.34. The van der Waals surface area contributed by atoms with Crippen LogP contribution in [-0.2, 0) is 18.7 Å². The van der Waals surface area contributed by atoms with E-state index in [-0.39, 0.29) is 17.2 Å². The highest BCUT2D eigenvalue weighted by Gasteiger charge is 2.43. The lowest BCUT2D eigenvalue weighted by atomic mass is 10.1. The third-order valence-electron chi connectivity index (χ3n) is 5.30. The van der Waals surface area contributed by atoms with Gasteiger partial charge in [0.25, 0.3) is 5.56 Å². The van der Waals surface area contributed by atoms with Gasteiger partial charge in [-0.2, -0.15) is 0 Å². The summed E-state index contributed by atoms with van der Waals surface area (Å²) in [5.74, 6) is -0.649. The molecule has 1 saturated heterocycles. The van der Waals surface area contributed by atoms with E-state index in [0.29, 0.717) is 0 Å². The SMILES string of the molecule is COC(=O)/C=C1\C(CO[Si](C)(C)C(C)(C)C)OC(n2ccc(=O)[nH]c2=O)C1O. The Morgan fingerprint density at radius 3 is 2.57 bits per heavy atom. The molecule has 1 fully saturated rings. The molecule has 0 aliphatic carbocycles. The molecule has 28 heavy (non-hydrogen) atoms. The predicted molar refractivity (Wildman–Crippen MR) is 104 cm³/mol. The van der Waals surface area contributed by atoms with Crippen molar-refractivity contribution in [2.75, 3.05) is 13.7 Å². The topological polar surface area (TPSA) is 120 Å². The van der Waals surface area contributed by atoms with Crippen LogP contribution >= 0.6 is 0 Å². The van der Waals surface area contributed by atoms with Gasteiger partial charge in [-0.15, -0.1) is 0 Å². The van der Waals surface area contributed by atoms with E-state index in [1.165, 1.54) is 13.3 Å². The molecule has 0 saturated carbocycles. The van der Waals surface area contributed by atoms with Crippen LogP contribution in [0.1, 0.15) is 27.0 Å². The van der Waals surface area contributed by atoms with Crippen LogP contribution in [0.3, 0.4) is 0 Å². The molecule has 1 aromatic heterocycles. The number of aliphatic hydroxyl groups is 1. The molecule has 9 nitrogen and oxygen atoms in total. The molecule has 0 bridgehead atoms. The van der Waals surface area contributed by atoms with E-state index in [1.54, 1.807) is 0 Å². The molecule has 1 aliphatic rings. The molecule has 2 N–H and O–H groups in total. The monoisotopic (exact) mass is 412 g/mol. The molecule has 0 aromatic carbocycles. The number of ether oxygens (including phenoxy) is 2. The number of hydrogen-bond donors (Lipinski definition) is 2. The minimum Gasteiger partial charge on any atom is -0.466 e. The number of hydrogen-bond acceptors (Lipinski definition) is 7. The first-order valence-corrected chi connectivity index (χ1v) is 11.9. The molecule has 10 heteroatoms. The van der Waals surface area contributed by atoms with Crippen molar-refractivity contribution in [1.29, 1.82) is 0 Å². The lowest BCUT2D eigenvalue weighted by molar-refractivity contribution is -0.135. The van der Waals surface area contributed by atoms with E-state index >= 15 is 0 Å². The molecule has 2 heterocycles. The Labute approximate surface area is 164 Å². The van der Waals surface area contributed by atoms with Crippen molar-refractivity contribution in [3.8, 4) is 0 Å². The first kappa shape index (κ1) is 22.3. The van der Waals surface area contributed by atoms with E-state index < -0.39 is 44.0 Å². The zero-order valence-electron chi connectivity index (χ0n) is 17.0. The van der Waals surface area contributed by atoms with Crippen LogP contribution < -0.4 is 11.2 Å². The molecule has 1 aromatic rings. The second kappa shape index (κ2) is 8.16. The smallest absolute Gasteiger partial charge is 0.330 e. The minimum atomic E-state index is -2.11. The summed E-state index contributed by atoms with van der Waals surface area (Å²) in [5, 5.41) is 10.7. The highest BCUT2D eigenvalue weighted by Crippen LogP contribution is 2.38. The molecule has 0 spiro atoms. The number of esters is 1. The minimum absolute atomic E-state index is 0.0360. The van der Waals surface area contributed by atoms with Gasteiger partial charge in [0.15, 0.2) is 14.5 Å². The average molecular weight is 413 g/mol. The number of carbonyl (C=O) groups excluding carboxylic acids is 1. The first-order chi connectivity index (χ1) is 12.9. The lowest BCUT2D eigenvalue weighted by Crippen LogP contribution is -2.43. The first-order valence-electron chi connectivity index (χ1n) is 8.96. The van der Waals surface area contributed by atoms with Gasteiger partial charge in [-0.05, 0) is 18.1 Å². The van der Waals surface area contributed by atoms with Gasteiger partial charge in [0, 0.05) is 23.9 Å². The van der Waals surface area contributed by atoms with Crippen molar-refractivity contribution in [3.05, 3.63) is 44.8 Å². The van der Waals surface area contributed by atoms with E-state index in [2.05, 4.69) is 43.6 Å². The standard InChI is InChI=1S/C18H28N2O7Si/c1-18(2,3)28(5,6)26-10-12-11(9-14(22)25-4)15(23)16(27-12)20-8-7-13(21)19-17(20)24/h7-9,12,15-16,23H,10H2,1-6H3,(H,19,21,24)/b11-9+. The van der Waals surface area contributed by atoms with Crippen molar-refractivity contribution in [1.82, 2.24) is 9.55 Å². The number of aromatic nitrogens is 2. The van der Waals surface area contributed by atoms with Gasteiger partial charge < -0.3 is 19.0 Å². The number of rotatable bonds is 5. The van der Waals surface area contributed by atoms with E-state index in [4.69, 9.17) is 9.16 Å². The van der Waals surface area contributed by atoms with Crippen LogP contribution in [0.5, 0.6) is 0 Å². The van der Waals surface area contributed by atoms with Crippen LogP contribution in [-0.4, -0.2) is 54.9 Å². The molecular weight excluding hydrogens is 384 g/mol. The van der Waals surface area contributed by atoms with Gasteiger partial charge in [-0.1, -0.05) is 20.8 Å². The quantitative estimate of drug-likeness (QED) is 0.419. The van der Waals surface area contributed by atoms with Crippen LogP contribution in [0.4, 0.5) is 0 Å². The predicted octanol–water partition coefficient (Wildman–Crippen LogP) is 0.916. The van der Waals surface area contributed by atoms with Gasteiger partial charge in [0.1, 0.15) is 12.2 Å². The normalized spacial score (nSPS) is 24.5. The van der Waals surface area contributed by atoms with Gasteiger partial charge in [-0.3, -0.25) is 14.3 Å². The molecule has 156 valence electrons. The largest absolute Gasteiger partial charge is 0.466 e. The van der Waals surface area contributed by atoms with E-state index in [9.17, 15) is 19.5 Å². The number of carbonyl (C=O) groups is 1. The number of aromatic amines is 1. The number of aliphatic hydroxyl groups excluding tert-OH is 1. The molecule has 3 unspecified atom stereocenters. The van der Waals surface area contributed by atoms with Crippen LogP contribution in [0.15, 0.2) is 33.5 Å². The zero-order chi connectivity index (χ0) is 21.3. The zero-order valence-corrected chi connectivity index (χ0v) is 18.0. The third kappa shape index (κ3) is 4.69. The number of nitrogens with one attached hydrogen (secondary N) is 1. The highest BCUT2D eigenvalue weighted by molar-refractivity contribution is 6.74. The van der Waals surface area contributed by atoms with E-state index in [0.717, 1.165) is 16.7 Å². The van der Waals surface area contributed by atoms with Crippen molar-refractivity contribution < 1.29 is 23.8 Å². The summed E-state index contributed by atoms with van der Waals surface area (Å²) in [7, 11) is -0.884. The van der Waals surface area contributed by atoms with Crippen molar-refractivity contribution >= 4 is 14.3 Å². The Morgan fingerprint density at radius 1 is 1.39 bits per heavy atom. The van der Waals surface area contributed by atoms with Crippen molar-refractivity contribution in [3.63, 3.8) is 0 Å². The van der Waals surface area contributed by atoms with Crippen LogP contribution in [0.2, 0.25) is 18.1 Å². The molecule has 1 aliphatic heterocycles. The second-order valence-corrected chi connectivity index (χ2v) is 13.0. The van der Waals surface area contributed by atoms with Gasteiger partial charge >= 0.3 is 11.7 Å². The summed E-state index contributed by atoms with van der Waals surface area (Å²) in [6.45, 7) is 10.6. The average Bonchev–Trinajstić information content (AvgIpc) is 2.88. The number of nitrogens with zero attached hydrogens (tertiary/aromatic N) is 1. The fourth-order valence-electron chi connectivity index (χ4n) is 2.53. The summed E-state index contributed by atoms with van der Waals surface area (Å²) < 4.78 is 17.8. The Bertz CT molecular complexity index is 866. The summed E-state index contributed by atoms with van der Waals surface area (Å²) in [6.07, 6.45) is -0.737. The Morgan fingerprint density at radius 2 is 2.04 bits per heavy atom. The molecule has 2 rings (SSSR count). The lowest BCUT2D eigenvalue weighted by Gasteiger charge is -2.36. The maximum atomic E-state index is 12.1. The maximum absolute atomic E-state index is 12.1. The van der Waals surface area contributed by atoms with Gasteiger partial charge in [0.05, 0.1) is 13.7 Å². The fraction of sp³-hybridized carbons (Fsp3) is 0.611. The van der Waals surface area contributed by atoms with Crippen LogP contribution in [0, 0.1) is 0 Å². The van der Waals surface area contributed by atoms with Crippen molar-refractivity contribution in [2.24, 2.45) is 0 Å². The van der Waals surface area contributed by atoms with Crippen molar-refractivity contribution in [2.45, 2.75) is 57.3 Å². The number of H-pyrrole nitrogens is 1. The second-order valence-electron chi connectivity index (χ2n) is 8.22. The molecular formula is C18H28N2O7Si. The maximum Gasteiger partial charge on any atom is 0.330 e. The van der Waals surface area contributed by atoms with Gasteiger partial charge in [0.2, 0.25) is 0 Å².